The molecule has 0 saturated heterocycles. The molecule has 1 aliphatic rings. The molecule has 1 fully saturated rings. The minimum Gasteiger partial charge on any atom is -0.354 e. The highest BCUT2D eigenvalue weighted by Gasteiger charge is 2.24. The lowest BCUT2D eigenvalue weighted by Crippen LogP contribution is -2.42. The lowest BCUT2D eigenvalue weighted by Gasteiger charge is -2.17. The van der Waals surface area contributed by atoms with E-state index in [2.05, 4.69) is 27.0 Å². The fraction of sp³-hybridized carbons (Fsp3) is 0.692. The van der Waals surface area contributed by atoms with Crippen LogP contribution in [-0.2, 0) is 13.6 Å². The molecule has 0 aromatic carbocycles. The van der Waals surface area contributed by atoms with Crippen LogP contribution in [0.1, 0.15) is 24.8 Å². The van der Waals surface area contributed by atoms with Crippen LogP contribution in [0.3, 0.4) is 0 Å². The molecule has 1 saturated carbocycles. The second-order valence-corrected chi connectivity index (χ2v) is 6.10. The molecule has 7 heteroatoms. The third kappa shape index (κ3) is 5.16. The minimum atomic E-state index is 0. The third-order valence-electron chi connectivity index (χ3n) is 3.50. The highest BCUT2D eigenvalue weighted by Crippen LogP contribution is 2.27. The van der Waals surface area contributed by atoms with Gasteiger partial charge in [0.05, 0.1) is 6.20 Å². The number of aromatic nitrogens is 2. The van der Waals surface area contributed by atoms with Gasteiger partial charge in [-0.25, -0.2) is 0 Å². The molecule has 2 unspecified atom stereocenters. The van der Waals surface area contributed by atoms with Gasteiger partial charge in [-0.05, 0) is 25.5 Å². The van der Waals surface area contributed by atoms with Crippen LogP contribution in [0.2, 0.25) is 0 Å². The highest BCUT2D eigenvalue weighted by molar-refractivity contribution is 14.0. The van der Waals surface area contributed by atoms with Gasteiger partial charge in [-0.1, -0.05) is 0 Å². The van der Waals surface area contributed by atoms with Crippen molar-refractivity contribution in [3.63, 3.8) is 0 Å². The van der Waals surface area contributed by atoms with Crippen LogP contribution in [0.15, 0.2) is 17.4 Å². The molecule has 0 radical (unpaired) electrons. The normalized spacial score (nSPS) is 22.4. The summed E-state index contributed by atoms with van der Waals surface area (Å²) in [6, 6.07) is 0.553. The number of thioether (sulfide) groups is 1. The summed E-state index contributed by atoms with van der Waals surface area (Å²) in [6.45, 7) is 0.756. The molecule has 1 aromatic heterocycles. The van der Waals surface area contributed by atoms with Gasteiger partial charge in [-0.3, -0.25) is 9.67 Å². The van der Waals surface area contributed by atoms with Gasteiger partial charge >= 0.3 is 0 Å². The van der Waals surface area contributed by atoms with E-state index in [1.807, 2.05) is 42.9 Å². The monoisotopic (exact) mass is 409 g/mol. The summed E-state index contributed by atoms with van der Waals surface area (Å²) in [6.07, 6.45) is 9.86. The van der Waals surface area contributed by atoms with Gasteiger partial charge in [0.2, 0.25) is 0 Å². The van der Waals surface area contributed by atoms with Crippen LogP contribution >= 0.6 is 35.7 Å². The summed E-state index contributed by atoms with van der Waals surface area (Å²) < 4.78 is 1.81. The Kier molecular flexibility index (Phi) is 7.71. The van der Waals surface area contributed by atoms with E-state index in [1.54, 1.807) is 0 Å². The summed E-state index contributed by atoms with van der Waals surface area (Å²) in [7, 11) is 3.75. The van der Waals surface area contributed by atoms with Crippen LogP contribution in [0, 0.1) is 0 Å². The molecule has 2 rings (SSSR count). The molecule has 2 N–H and O–H groups in total. The van der Waals surface area contributed by atoms with Crippen molar-refractivity contribution in [1.82, 2.24) is 20.4 Å². The summed E-state index contributed by atoms with van der Waals surface area (Å²) in [5.41, 5.74) is 1.17. The van der Waals surface area contributed by atoms with E-state index in [1.165, 1.54) is 24.8 Å². The van der Waals surface area contributed by atoms with E-state index < -0.39 is 0 Å². The van der Waals surface area contributed by atoms with Gasteiger partial charge in [-0.2, -0.15) is 16.9 Å². The Morgan fingerprint density at radius 3 is 2.90 bits per heavy atom. The van der Waals surface area contributed by atoms with Crippen molar-refractivity contribution < 1.29 is 0 Å². The zero-order chi connectivity index (χ0) is 13.7. The van der Waals surface area contributed by atoms with Gasteiger partial charge in [0.1, 0.15) is 0 Å². The topological polar surface area (TPSA) is 54.2 Å². The molecule has 0 bridgehead atoms. The Morgan fingerprint density at radius 1 is 1.55 bits per heavy atom. The predicted molar refractivity (Wildman–Crippen MR) is 96.9 cm³/mol. The van der Waals surface area contributed by atoms with Crippen molar-refractivity contribution in [3.8, 4) is 0 Å². The molecule has 5 nitrogen and oxygen atoms in total. The van der Waals surface area contributed by atoms with Gasteiger partial charge in [0.15, 0.2) is 5.96 Å². The van der Waals surface area contributed by atoms with E-state index in [9.17, 15) is 0 Å². The number of rotatable bonds is 4. The van der Waals surface area contributed by atoms with Gasteiger partial charge in [-0.15, -0.1) is 24.0 Å². The average molecular weight is 409 g/mol. The predicted octanol–water partition coefficient (Wildman–Crippen LogP) is 1.99. The molecule has 0 aliphatic heterocycles. The van der Waals surface area contributed by atoms with Crippen LogP contribution in [0.4, 0.5) is 0 Å². The molecule has 1 heterocycles. The zero-order valence-electron chi connectivity index (χ0n) is 12.3. The van der Waals surface area contributed by atoms with Crippen LogP contribution in [-0.4, -0.2) is 40.3 Å². The van der Waals surface area contributed by atoms with Gasteiger partial charge in [0, 0.05) is 43.7 Å². The Hall–Kier alpha value is -0.440. The molecule has 2 atom stereocenters. The molecular formula is C13H24IN5S. The molecule has 1 aromatic rings. The number of halogens is 1. The first-order valence-corrected chi connectivity index (χ1v) is 7.97. The van der Waals surface area contributed by atoms with Crippen molar-refractivity contribution in [3.05, 3.63) is 18.0 Å². The van der Waals surface area contributed by atoms with Gasteiger partial charge < -0.3 is 10.6 Å². The lowest BCUT2D eigenvalue weighted by molar-refractivity contribution is 0.614. The fourth-order valence-corrected chi connectivity index (χ4v) is 3.22. The quantitative estimate of drug-likeness (QED) is 0.454. The summed E-state index contributed by atoms with van der Waals surface area (Å²) in [4.78, 5) is 4.28. The number of nitrogens with zero attached hydrogens (tertiary/aromatic N) is 3. The van der Waals surface area contributed by atoms with E-state index in [-0.39, 0.29) is 24.0 Å². The van der Waals surface area contributed by atoms with Crippen molar-refractivity contribution in [2.75, 3.05) is 13.3 Å². The smallest absolute Gasteiger partial charge is 0.191 e. The maximum atomic E-state index is 4.28. The first kappa shape index (κ1) is 17.6. The Morgan fingerprint density at radius 2 is 2.35 bits per heavy atom. The molecular weight excluding hydrogens is 385 g/mol. The Balaban J connectivity index is 0.00000200. The summed E-state index contributed by atoms with van der Waals surface area (Å²) >= 11 is 1.97. The SMILES string of the molecule is CN=C(NCc1cnn(C)c1)NC1CCC(SC)C1.I. The largest absolute Gasteiger partial charge is 0.354 e. The Labute approximate surface area is 142 Å². The van der Waals surface area contributed by atoms with E-state index in [0.29, 0.717) is 6.04 Å². The fourth-order valence-electron chi connectivity index (χ4n) is 2.42. The second kappa shape index (κ2) is 8.76. The first-order valence-electron chi connectivity index (χ1n) is 6.68. The van der Waals surface area contributed by atoms with Crippen molar-refractivity contribution >= 4 is 41.7 Å². The lowest BCUT2D eigenvalue weighted by atomic mass is 10.2. The number of aliphatic imine (C=N–C) groups is 1. The Bertz CT molecular complexity index is 434. The number of guanidine groups is 1. The zero-order valence-corrected chi connectivity index (χ0v) is 15.4. The molecule has 1 aliphatic carbocycles. The maximum Gasteiger partial charge on any atom is 0.191 e. The van der Waals surface area contributed by atoms with Crippen LogP contribution < -0.4 is 10.6 Å². The van der Waals surface area contributed by atoms with E-state index in [4.69, 9.17) is 0 Å². The van der Waals surface area contributed by atoms with Crippen LogP contribution in [0.25, 0.3) is 0 Å². The molecule has 20 heavy (non-hydrogen) atoms. The van der Waals surface area contributed by atoms with Gasteiger partial charge in [0.25, 0.3) is 0 Å². The number of hydrogen-bond donors (Lipinski definition) is 2. The van der Waals surface area contributed by atoms with E-state index in [0.717, 1.165) is 17.8 Å². The van der Waals surface area contributed by atoms with Crippen molar-refractivity contribution in [2.45, 2.75) is 37.1 Å². The van der Waals surface area contributed by atoms with Crippen LogP contribution in [0.5, 0.6) is 0 Å². The average Bonchev–Trinajstić information content (AvgIpc) is 3.03. The standard InChI is InChI=1S/C13H23N5S.HI/c1-14-13(15-7-10-8-16-18(2)9-10)17-11-4-5-12(6-11)19-3;/h8-9,11-12H,4-7H2,1-3H3,(H2,14,15,17);1H. The summed E-state index contributed by atoms with van der Waals surface area (Å²) in [5, 5.41) is 11.8. The number of nitrogens with one attached hydrogen (secondary N) is 2. The molecule has 114 valence electrons. The second-order valence-electron chi connectivity index (χ2n) is 4.96. The molecule has 0 amide bonds. The first-order chi connectivity index (χ1) is 9.21. The van der Waals surface area contributed by atoms with Crippen molar-refractivity contribution in [2.24, 2.45) is 12.0 Å². The number of aryl methyl sites for hydroxylation is 1. The molecule has 0 spiro atoms. The minimum absolute atomic E-state index is 0. The van der Waals surface area contributed by atoms with Crippen molar-refractivity contribution in [1.29, 1.82) is 0 Å². The summed E-state index contributed by atoms with van der Waals surface area (Å²) in [5.74, 6) is 0.885. The maximum absolute atomic E-state index is 4.28. The van der Waals surface area contributed by atoms with E-state index >= 15 is 0 Å². The number of hydrogen-bond acceptors (Lipinski definition) is 3. The highest BCUT2D eigenvalue weighted by atomic mass is 127. The third-order valence-corrected chi connectivity index (χ3v) is 4.60.